The van der Waals surface area contributed by atoms with Crippen molar-refractivity contribution in [3.63, 3.8) is 0 Å². The van der Waals surface area contributed by atoms with Crippen molar-refractivity contribution in [2.45, 2.75) is 19.8 Å². The largest absolute Gasteiger partial charge is 0.358 e. The number of rotatable bonds is 1. The zero-order valence-electron chi connectivity index (χ0n) is 9.21. The molecule has 0 spiro atoms. The van der Waals surface area contributed by atoms with Crippen molar-refractivity contribution in [3.05, 3.63) is 47.2 Å². The first kappa shape index (κ1) is 9.40. The van der Waals surface area contributed by atoms with Crippen LogP contribution in [0.2, 0.25) is 0 Å². The number of ketones is 1. The number of aromatic nitrogens is 1. The molecule has 80 valence electrons. The van der Waals surface area contributed by atoms with Gasteiger partial charge in [0.25, 0.3) is 0 Å². The highest BCUT2D eigenvalue weighted by Gasteiger charge is 2.26. The summed E-state index contributed by atoms with van der Waals surface area (Å²) >= 11 is 0. The highest BCUT2D eigenvalue weighted by Crippen LogP contribution is 2.32. The minimum atomic E-state index is 0.283. The molecule has 0 atom stereocenters. The van der Waals surface area contributed by atoms with Crippen molar-refractivity contribution in [1.82, 2.24) is 4.98 Å². The van der Waals surface area contributed by atoms with Crippen LogP contribution in [0.25, 0.3) is 11.3 Å². The van der Waals surface area contributed by atoms with Gasteiger partial charge in [0.2, 0.25) is 0 Å². The smallest absolute Gasteiger partial charge is 0.165 e. The molecule has 2 aromatic rings. The van der Waals surface area contributed by atoms with E-state index in [0.29, 0.717) is 6.42 Å². The number of aromatic amines is 1. The van der Waals surface area contributed by atoms with E-state index in [1.807, 2.05) is 25.1 Å². The molecule has 2 nitrogen and oxygen atoms in total. The molecule has 1 heterocycles. The van der Waals surface area contributed by atoms with E-state index in [9.17, 15) is 4.79 Å². The van der Waals surface area contributed by atoms with Crippen LogP contribution >= 0.6 is 0 Å². The molecule has 0 aliphatic heterocycles. The van der Waals surface area contributed by atoms with Crippen LogP contribution in [0.15, 0.2) is 30.3 Å². The van der Waals surface area contributed by atoms with E-state index in [1.54, 1.807) is 0 Å². The van der Waals surface area contributed by atoms with E-state index in [2.05, 4.69) is 17.1 Å². The van der Waals surface area contributed by atoms with E-state index in [4.69, 9.17) is 0 Å². The Bertz CT molecular complexity index is 552. The Morgan fingerprint density at radius 3 is 2.56 bits per heavy atom. The number of carbonyl (C=O) groups is 1. The fourth-order valence-corrected chi connectivity index (χ4v) is 2.48. The first-order valence-corrected chi connectivity index (χ1v) is 5.57. The van der Waals surface area contributed by atoms with Gasteiger partial charge in [0.1, 0.15) is 0 Å². The molecule has 2 heteroatoms. The van der Waals surface area contributed by atoms with Gasteiger partial charge in [-0.3, -0.25) is 4.79 Å². The second-order valence-electron chi connectivity index (χ2n) is 4.27. The third-order valence-electron chi connectivity index (χ3n) is 3.27. The summed E-state index contributed by atoms with van der Waals surface area (Å²) in [7, 11) is 0. The van der Waals surface area contributed by atoms with Gasteiger partial charge in [-0.15, -0.1) is 0 Å². The topological polar surface area (TPSA) is 32.9 Å². The Labute approximate surface area is 94.3 Å². The molecule has 0 unspecified atom stereocenters. The number of H-pyrrole nitrogens is 1. The average Bonchev–Trinajstić information content (AvgIpc) is 2.83. The van der Waals surface area contributed by atoms with Crippen LogP contribution in [-0.2, 0) is 6.42 Å². The van der Waals surface area contributed by atoms with Crippen LogP contribution in [0, 0.1) is 6.92 Å². The fraction of sp³-hybridized carbons (Fsp3) is 0.214. The summed E-state index contributed by atoms with van der Waals surface area (Å²) in [6.45, 7) is 2.03. The SMILES string of the molecule is Cc1c(-c2ccccc2)[nH]c2c1C(=O)CC2. The van der Waals surface area contributed by atoms with Gasteiger partial charge in [-0.1, -0.05) is 30.3 Å². The Morgan fingerprint density at radius 2 is 1.88 bits per heavy atom. The van der Waals surface area contributed by atoms with E-state index < -0.39 is 0 Å². The molecular formula is C14H13NO. The van der Waals surface area contributed by atoms with Crippen molar-refractivity contribution in [2.24, 2.45) is 0 Å². The zero-order chi connectivity index (χ0) is 11.1. The first-order valence-electron chi connectivity index (χ1n) is 5.57. The Morgan fingerprint density at radius 1 is 1.12 bits per heavy atom. The van der Waals surface area contributed by atoms with Gasteiger partial charge in [-0.05, 0) is 24.5 Å². The fourth-order valence-electron chi connectivity index (χ4n) is 2.48. The Hall–Kier alpha value is -1.83. The summed E-state index contributed by atoms with van der Waals surface area (Å²) in [4.78, 5) is 15.1. The second kappa shape index (κ2) is 3.34. The first-order chi connectivity index (χ1) is 7.77. The molecule has 1 aliphatic carbocycles. The minimum Gasteiger partial charge on any atom is -0.358 e. The van der Waals surface area contributed by atoms with Gasteiger partial charge in [0, 0.05) is 23.4 Å². The maximum absolute atomic E-state index is 11.7. The highest BCUT2D eigenvalue weighted by atomic mass is 16.1. The van der Waals surface area contributed by atoms with Gasteiger partial charge in [-0.2, -0.15) is 0 Å². The van der Waals surface area contributed by atoms with E-state index in [-0.39, 0.29) is 5.78 Å². The van der Waals surface area contributed by atoms with E-state index in [1.165, 1.54) is 0 Å². The van der Waals surface area contributed by atoms with E-state index in [0.717, 1.165) is 34.5 Å². The summed E-state index contributed by atoms with van der Waals surface area (Å²) in [6.07, 6.45) is 1.53. The lowest BCUT2D eigenvalue weighted by Gasteiger charge is -2.01. The molecule has 1 N–H and O–H groups in total. The number of nitrogens with one attached hydrogen (secondary N) is 1. The van der Waals surface area contributed by atoms with Gasteiger partial charge < -0.3 is 4.98 Å². The third kappa shape index (κ3) is 1.23. The molecule has 3 rings (SSSR count). The van der Waals surface area contributed by atoms with Crippen LogP contribution in [-0.4, -0.2) is 10.8 Å². The average molecular weight is 211 g/mol. The molecule has 0 bridgehead atoms. The number of hydrogen-bond acceptors (Lipinski definition) is 1. The van der Waals surface area contributed by atoms with Crippen molar-refractivity contribution in [2.75, 3.05) is 0 Å². The van der Waals surface area contributed by atoms with Crippen molar-refractivity contribution in [3.8, 4) is 11.3 Å². The van der Waals surface area contributed by atoms with Crippen LogP contribution in [0.5, 0.6) is 0 Å². The van der Waals surface area contributed by atoms with Crippen molar-refractivity contribution < 1.29 is 4.79 Å². The molecule has 0 saturated heterocycles. The quantitative estimate of drug-likeness (QED) is 0.772. The Balaban J connectivity index is 2.18. The molecule has 16 heavy (non-hydrogen) atoms. The van der Waals surface area contributed by atoms with Crippen molar-refractivity contribution >= 4 is 5.78 Å². The van der Waals surface area contributed by atoms with Crippen LogP contribution in [0.4, 0.5) is 0 Å². The molecular weight excluding hydrogens is 198 g/mol. The summed E-state index contributed by atoms with van der Waals surface area (Å²) in [5.74, 6) is 0.283. The zero-order valence-corrected chi connectivity index (χ0v) is 9.21. The van der Waals surface area contributed by atoms with Crippen LogP contribution in [0.3, 0.4) is 0 Å². The minimum absolute atomic E-state index is 0.283. The number of Topliss-reactive ketones (excluding diaryl/α,β-unsaturated/α-hetero) is 1. The van der Waals surface area contributed by atoms with Gasteiger partial charge in [-0.25, -0.2) is 0 Å². The third-order valence-corrected chi connectivity index (χ3v) is 3.27. The van der Waals surface area contributed by atoms with Crippen LogP contribution < -0.4 is 0 Å². The molecule has 0 saturated carbocycles. The molecule has 1 aliphatic rings. The molecule has 1 aromatic carbocycles. The molecule has 0 radical (unpaired) electrons. The number of carbonyl (C=O) groups excluding carboxylic acids is 1. The molecule has 1 aromatic heterocycles. The van der Waals surface area contributed by atoms with Gasteiger partial charge in [0.05, 0.1) is 0 Å². The molecule has 0 fully saturated rings. The number of fused-ring (bicyclic) bond motifs is 1. The number of hydrogen-bond donors (Lipinski definition) is 1. The summed E-state index contributed by atoms with van der Waals surface area (Å²) in [6, 6.07) is 10.2. The van der Waals surface area contributed by atoms with Gasteiger partial charge >= 0.3 is 0 Å². The standard InChI is InChI=1S/C14H13NO/c1-9-13-11(7-8-12(13)16)15-14(9)10-5-3-2-4-6-10/h2-6,15H,7-8H2,1H3. The lowest BCUT2D eigenvalue weighted by Crippen LogP contribution is -1.92. The summed E-state index contributed by atoms with van der Waals surface area (Å²) in [5, 5.41) is 0. The Kier molecular flexibility index (Phi) is 1.96. The predicted octanol–water partition coefficient (Wildman–Crippen LogP) is 3.12. The molecule has 0 amide bonds. The maximum Gasteiger partial charge on any atom is 0.165 e. The lowest BCUT2D eigenvalue weighted by atomic mass is 10.0. The number of benzene rings is 1. The highest BCUT2D eigenvalue weighted by molar-refractivity contribution is 6.03. The normalized spacial score (nSPS) is 14.2. The maximum atomic E-state index is 11.7. The number of aryl methyl sites for hydroxylation is 1. The van der Waals surface area contributed by atoms with Crippen LogP contribution in [0.1, 0.15) is 28.0 Å². The predicted molar refractivity (Wildman–Crippen MR) is 63.6 cm³/mol. The van der Waals surface area contributed by atoms with Crippen molar-refractivity contribution in [1.29, 1.82) is 0 Å². The van der Waals surface area contributed by atoms with E-state index >= 15 is 0 Å². The monoisotopic (exact) mass is 211 g/mol. The summed E-state index contributed by atoms with van der Waals surface area (Å²) < 4.78 is 0. The van der Waals surface area contributed by atoms with Gasteiger partial charge in [0.15, 0.2) is 5.78 Å². The second-order valence-corrected chi connectivity index (χ2v) is 4.27. The summed E-state index contributed by atoms with van der Waals surface area (Å²) in [5.41, 5.74) is 5.39. The lowest BCUT2D eigenvalue weighted by molar-refractivity contribution is 0.0994.